The lowest BCUT2D eigenvalue weighted by Crippen LogP contribution is -2.45. The molecule has 0 bridgehead atoms. The van der Waals surface area contributed by atoms with Crippen LogP contribution in [-0.2, 0) is 11.2 Å². The van der Waals surface area contributed by atoms with Gasteiger partial charge in [-0.2, -0.15) is 0 Å². The number of piperidine rings is 1. The summed E-state index contributed by atoms with van der Waals surface area (Å²) in [6, 6.07) is 8.71. The van der Waals surface area contributed by atoms with E-state index in [4.69, 9.17) is 23.2 Å². The molecule has 0 saturated carbocycles. The van der Waals surface area contributed by atoms with Crippen molar-refractivity contribution in [3.63, 3.8) is 0 Å². The van der Waals surface area contributed by atoms with Crippen molar-refractivity contribution >= 4 is 35.0 Å². The molecule has 1 atom stereocenters. The average Bonchev–Trinajstić information content (AvgIpc) is 2.70. The minimum Gasteiger partial charge on any atom is -0.355 e. The highest BCUT2D eigenvalue weighted by Crippen LogP contribution is 2.25. The average molecular weight is 406 g/mol. The molecule has 0 radical (unpaired) electrons. The van der Waals surface area contributed by atoms with Crippen molar-refractivity contribution < 1.29 is 9.59 Å². The zero-order valence-electron chi connectivity index (χ0n) is 14.8. The summed E-state index contributed by atoms with van der Waals surface area (Å²) in [6.45, 7) is 1.61. The Bertz CT molecular complexity index is 814. The summed E-state index contributed by atoms with van der Waals surface area (Å²) in [5.74, 6) is -0.327. The minimum atomic E-state index is -0.195. The molecule has 3 rings (SSSR count). The van der Waals surface area contributed by atoms with Crippen LogP contribution in [0.1, 0.15) is 28.8 Å². The zero-order valence-corrected chi connectivity index (χ0v) is 16.3. The summed E-state index contributed by atoms with van der Waals surface area (Å²) in [7, 11) is 0. The number of carbonyl (C=O) groups is 2. The SMILES string of the molecule is O=C(NCCc1cccnc1)C1CCCN(C(=O)c2ccc(Cl)c(Cl)c2)C1. The monoisotopic (exact) mass is 405 g/mol. The van der Waals surface area contributed by atoms with Gasteiger partial charge in [-0.15, -0.1) is 0 Å². The van der Waals surface area contributed by atoms with E-state index >= 15 is 0 Å². The normalized spacial score (nSPS) is 16.8. The Morgan fingerprint density at radius 2 is 2.07 bits per heavy atom. The molecule has 5 nitrogen and oxygen atoms in total. The number of benzene rings is 1. The van der Waals surface area contributed by atoms with E-state index in [1.807, 2.05) is 12.1 Å². The number of rotatable bonds is 5. The first-order chi connectivity index (χ1) is 13.0. The van der Waals surface area contributed by atoms with Gasteiger partial charge in [0.2, 0.25) is 5.91 Å². The fourth-order valence-corrected chi connectivity index (χ4v) is 3.51. The smallest absolute Gasteiger partial charge is 0.253 e. The number of halogens is 2. The Kier molecular flexibility index (Phi) is 6.69. The van der Waals surface area contributed by atoms with Crippen molar-refractivity contribution in [2.75, 3.05) is 19.6 Å². The van der Waals surface area contributed by atoms with Gasteiger partial charge >= 0.3 is 0 Å². The number of amides is 2. The van der Waals surface area contributed by atoms with Crippen LogP contribution in [-0.4, -0.2) is 41.3 Å². The summed E-state index contributed by atoms with van der Waals surface area (Å²) in [6.07, 6.45) is 5.84. The maximum atomic E-state index is 12.7. The van der Waals surface area contributed by atoms with Crippen molar-refractivity contribution in [1.29, 1.82) is 0 Å². The quantitative estimate of drug-likeness (QED) is 0.826. The van der Waals surface area contributed by atoms with E-state index in [1.165, 1.54) is 0 Å². The van der Waals surface area contributed by atoms with Crippen LogP contribution >= 0.6 is 23.2 Å². The Morgan fingerprint density at radius 1 is 1.22 bits per heavy atom. The second-order valence-corrected chi connectivity index (χ2v) is 7.44. The molecule has 1 aromatic heterocycles. The van der Waals surface area contributed by atoms with Gasteiger partial charge in [-0.25, -0.2) is 0 Å². The van der Waals surface area contributed by atoms with Gasteiger partial charge in [0.15, 0.2) is 0 Å². The summed E-state index contributed by atoms with van der Waals surface area (Å²) < 4.78 is 0. The predicted octanol–water partition coefficient (Wildman–Crippen LogP) is 3.60. The van der Waals surface area contributed by atoms with E-state index in [2.05, 4.69) is 10.3 Å². The van der Waals surface area contributed by atoms with Gasteiger partial charge in [-0.05, 0) is 49.1 Å². The van der Waals surface area contributed by atoms with E-state index in [0.29, 0.717) is 35.2 Å². The molecule has 2 aromatic rings. The van der Waals surface area contributed by atoms with Crippen LogP contribution < -0.4 is 5.32 Å². The Balaban J connectivity index is 1.54. The predicted molar refractivity (Wildman–Crippen MR) is 106 cm³/mol. The molecule has 1 aromatic carbocycles. The first kappa shape index (κ1) is 19.6. The van der Waals surface area contributed by atoms with Crippen LogP contribution in [0.5, 0.6) is 0 Å². The van der Waals surface area contributed by atoms with Gasteiger partial charge in [0.05, 0.1) is 16.0 Å². The maximum absolute atomic E-state index is 12.7. The van der Waals surface area contributed by atoms with Crippen LogP contribution in [0.3, 0.4) is 0 Å². The van der Waals surface area contributed by atoms with Gasteiger partial charge in [0, 0.05) is 37.6 Å². The summed E-state index contributed by atoms with van der Waals surface area (Å²) in [4.78, 5) is 31.0. The van der Waals surface area contributed by atoms with Crippen molar-refractivity contribution in [2.45, 2.75) is 19.3 Å². The number of carbonyl (C=O) groups excluding carboxylic acids is 2. The van der Waals surface area contributed by atoms with Crippen LogP contribution in [0.15, 0.2) is 42.7 Å². The van der Waals surface area contributed by atoms with Crippen molar-refractivity contribution in [3.8, 4) is 0 Å². The number of hydrogen-bond donors (Lipinski definition) is 1. The van der Waals surface area contributed by atoms with E-state index < -0.39 is 0 Å². The van der Waals surface area contributed by atoms with E-state index in [9.17, 15) is 9.59 Å². The number of hydrogen-bond acceptors (Lipinski definition) is 3. The van der Waals surface area contributed by atoms with Crippen LogP contribution in [0.4, 0.5) is 0 Å². The standard InChI is InChI=1S/C20H21Cl2N3O2/c21-17-6-5-15(11-18(17)22)20(27)25-10-2-4-16(13-25)19(26)24-9-7-14-3-1-8-23-12-14/h1,3,5-6,8,11-12,16H,2,4,7,9-10,13H2,(H,24,26). The maximum Gasteiger partial charge on any atom is 0.253 e. The molecule has 142 valence electrons. The van der Waals surface area contributed by atoms with E-state index in [1.54, 1.807) is 35.5 Å². The molecule has 7 heteroatoms. The molecule has 1 saturated heterocycles. The number of aromatic nitrogens is 1. The topological polar surface area (TPSA) is 62.3 Å². The number of nitrogens with zero attached hydrogens (tertiary/aromatic N) is 2. The van der Waals surface area contributed by atoms with E-state index in [-0.39, 0.29) is 17.7 Å². The molecule has 0 aliphatic carbocycles. The molecule has 1 N–H and O–H groups in total. The van der Waals surface area contributed by atoms with Gasteiger partial charge < -0.3 is 10.2 Å². The van der Waals surface area contributed by atoms with E-state index in [0.717, 1.165) is 24.8 Å². The summed E-state index contributed by atoms with van der Waals surface area (Å²) in [5, 5.41) is 3.74. The largest absolute Gasteiger partial charge is 0.355 e. The molecule has 2 heterocycles. The molecule has 1 aliphatic heterocycles. The fraction of sp³-hybridized carbons (Fsp3) is 0.350. The fourth-order valence-electron chi connectivity index (χ4n) is 3.21. The summed E-state index contributed by atoms with van der Waals surface area (Å²) >= 11 is 11.9. The summed E-state index contributed by atoms with van der Waals surface area (Å²) in [5.41, 5.74) is 1.57. The number of pyridine rings is 1. The Labute approximate surface area is 168 Å². The number of nitrogens with one attached hydrogen (secondary N) is 1. The van der Waals surface area contributed by atoms with Gasteiger partial charge in [-0.3, -0.25) is 14.6 Å². The van der Waals surface area contributed by atoms with Crippen LogP contribution in [0, 0.1) is 5.92 Å². The van der Waals surface area contributed by atoms with Gasteiger partial charge in [-0.1, -0.05) is 29.3 Å². The molecule has 1 aliphatic rings. The first-order valence-electron chi connectivity index (χ1n) is 8.95. The molecule has 27 heavy (non-hydrogen) atoms. The minimum absolute atomic E-state index is 0.00877. The third-order valence-electron chi connectivity index (χ3n) is 4.68. The van der Waals surface area contributed by atoms with Gasteiger partial charge in [0.1, 0.15) is 0 Å². The Hall–Kier alpha value is -2.11. The van der Waals surface area contributed by atoms with Crippen LogP contribution in [0.2, 0.25) is 10.0 Å². The lowest BCUT2D eigenvalue weighted by atomic mass is 9.96. The highest BCUT2D eigenvalue weighted by atomic mass is 35.5. The van der Waals surface area contributed by atoms with Crippen molar-refractivity contribution in [1.82, 2.24) is 15.2 Å². The second kappa shape index (κ2) is 9.20. The second-order valence-electron chi connectivity index (χ2n) is 6.62. The first-order valence-corrected chi connectivity index (χ1v) is 9.71. The lowest BCUT2D eigenvalue weighted by molar-refractivity contribution is -0.126. The van der Waals surface area contributed by atoms with Crippen molar-refractivity contribution in [2.24, 2.45) is 5.92 Å². The molecule has 1 fully saturated rings. The van der Waals surface area contributed by atoms with Gasteiger partial charge in [0.25, 0.3) is 5.91 Å². The zero-order chi connectivity index (χ0) is 19.2. The molecular weight excluding hydrogens is 385 g/mol. The number of likely N-dealkylation sites (tertiary alicyclic amines) is 1. The molecule has 1 unspecified atom stereocenters. The highest BCUT2D eigenvalue weighted by Gasteiger charge is 2.28. The molecule has 2 amide bonds. The molecular formula is C20H21Cl2N3O2. The lowest BCUT2D eigenvalue weighted by Gasteiger charge is -2.32. The Morgan fingerprint density at radius 3 is 2.81 bits per heavy atom. The van der Waals surface area contributed by atoms with Crippen LogP contribution in [0.25, 0.3) is 0 Å². The third-order valence-corrected chi connectivity index (χ3v) is 5.42. The third kappa shape index (κ3) is 5.21. The van der Waals surface area contributed by atoms with Crippen molar-refractivity contribution in [3.05, 3.63) is 63.9 Å². The highest BCUT2D eigenvalue weighted by molar-refractivity contribution is 6.42. The molecule has 0 spiro atoms.